The zero-order chi connectivity index (χ0) is 18.5. The van der Waals surface area contributed by atoms with Crippen LogP contribution in [0.15, 0.2) is 0 Å². The molecule has 0 saturated heterocycles. The number of fused-ring (bicyclic) bond motifs is 2. The molecule has 2 aliphatic carbocycles. The van der Waals surface area contributed by atoms with Crippen LogP contribution in [0.5, 0.6) is 0 Å². The quantitative estimate of drug-likeness (QED) is 0.646. The summed E-state index contributed by atoms with van der Waals surface area (Å²) in [7, 11) is 0. The molecule has 24 heavy (non-hydrogen) atoms. The minimum absolute atomic E-state index is 0.319. The van der Waals surface area contributed by atoms with Crippen molar-refractivity contribution in [3.63, 3.8) is 0 Å². The zero-order valence-electron chi connectivity index (χ0n) is 16.6. The van der Waals surface area contributed by atoms with E-state index < -0.39 is 17.5 Å². The van der Waals surface area contributed by atoms with Crippen LogP contribution in [0.2, 0.25) is 0 Å². The van der Waals surface area contributed by atoms with Gasteiger partial charge in [0.25, 0.3) is 0 Å². The lowest BCUT2D eigenvalue weighted by atomic mass is 9.82. The predicted molar refractivity (Wildman–Crippen MR) is 95.5 cm³/mol. The highest BCUT2D eigenvalue weighted by Gasteiger charge is 2.53. The summed E-state index contributed by atoms with van der Waals surface area (Å²) >= 11 is 0. The normalized spacial score (nSPS) is 29.5. The van der Waals surface area contributed by atoms with Gasteiger partial charge in [0.1, 0.15) is 5.60 Å². The highest BCUT2D eigenvalue weighted by molar-refractivity contribution is 5.81. The lowest BCUT2D eigenvalue weighted by Crippen LogP contribution is -2.43. The number of rotatable bonds is 6. The number of carbonyl (C=O) groups excluding carboxylic acids is 2. The van der Waals surface area contributed by atoms with Gasteiger partial charge < -0.3 is 9.47 Å². The Morgan fingerprint density at radius 2 is 1.83 bits per heavy atom. The molecule has 2 rings (SSSR count). The van der Waals surface area contributed by atoms with Gasteiger partial charge in [0, 0.05) is 0 Å². The first kappa shape index (κ1) is 21.0. The molecule has 4 atom stereocenters. The monoisotopic (exact) mass is 340 g/mol. The molecule has 0 aromatic heterocycles. The molecule has 0 aliphatic heterocycles. The van der Waals surface area contributed by atoms with Gasteiger partial charge in [0.05, 0.1) is 5.41 Å². The average molecular weight is 341 g/mol. The average Bonchev–Trinajstić information content (AvgIpc) is 3.17. The van der Waals surface area contributed by atoms with E-state index in [1.807, 2.05) is 34.6 Å². The van der Waals surface area contributed by atoms with Crippen molar-refractivity contribution in [1.82, 2.24) is 0 Å². The first-order valence-corrected chi connectivity index (χ1v) is 9.68. The molecule has 0 aromatic rings. The van der Waals surface area contributed by atoms with E-state index in [1.54, 1.807) is 6.92 Å². The molecule has 2 aliphatic rings. The summed E-state index contributed by atoms with van der Waals surface area (Å²) in [5.41, 5.74) is -0.885. The number of carbonyl (C=O) groups is 2. The van der Waals surface area contributed by atoms with Crippen LogP contribution in [0.1, 0.15) is 87.0 Å². The third-order valence-electron chi connectivity index (χ3n) is 5.87. The van der Waals surface area contributed by atoms with Crippen molar-refractivity contribution in [2.75, 3.05) is 0 Å². The maximum atomic E-state index is 12.4. The summed E-state index contributed by atoms with van der Waals surface area (Å²) < 4.78 is 11.2. The number of hydrogen-bond acceptors (Lipinski definition) is 4. The van der Waals surface area contributed by atoms with E-state index in [-0.39, 0.29) is 11.6 Å². The summed E-state index contributed by atoms with van der Waals surface area (Å²) in [6.07, 6.45) is 5.26. The van der Waals surface area contributed by atoms with Gasteiger partial charge >= 0.3 is 11.9 Å². The molecule has 4 nitrogen and oxygen atoms in total. The zero-order valence-corrected chi connectivity index (χ0v) is 16.6. The maximum absolute atomic E-state index is 12.4. The van der Waals surface area contributed by atoms with Crippen molar-refractivity contribution in [3.05, 3.63) is 0 Å². The SMILES string of the molecule is CC.CCC(C)(C)C(=O)OC(C)C(=O)OC1(CC)CC2CCC1C2. The molecule has 0 spiro atoms. The van der Waals surface area contributed by atoms with Gasteiger partial charge in [-0.05, 0) is 71.1 Å². The van der Waals surface area contributed by atoms with Crippen molar-refractivity contribution >= 4 is 11.9 Å². The van der Waals surface area contributed by atoms with Crippen LogP contribution in [0.25, 0.3) is 0 Å². The van der Waals surface area contributed by atoms with E-state index in [9.17, 15) is 9.59 Å². The molecule has 140 valence electrons. The largest absolute Gasteiger partial charge is 0.456 e. The summed E-state index contributed by atoms with van der Waals surface area (Å²) in [5.74, 6) is 0.462. The topological polar surface area (TPSA) is 52.6 Å². The van der Waals surface area contributed by atoms with Crippen molar-refractivity contribution in [1.29, 1.82) is 0 Å². The van der Waals surface area contributed by atoms with Gasteiger partial charge in [-0.3, -0.25) is 4.79 Å². The third kappa shape index (κ3) is 4.31. The highest BCUT2D eigenvalue weighted by atomic mass is 16.6. The molecule has 2 bridgehead atoms. The molecule has 4 heteroatoms. The second-order valence-corrected chi connectivity index (χ2v) is 7.70. The molecule has 2 saturated carbocycles. The molecule has 0 amide bonds. The van der Waals surface area contributed by atoms with Gasteiger partial charge in [0.15, 0.2) is 6.10 Å². The van der Waals surface area contributed by atoms with Gasteiger partial charge in [0.2, 0.25) is 0 Å². The lowest BCUT2D eigenvalue weighted by Gasteiger charge is -2.37. The summed E-state index contributed by atoms with van der Waals surface area (Å²) in [6.45, 7) is 13.3. The Labute approximate surface area is 147 Å². The molecule has 0 heterocycles. The van der Waals surface area contributed by atoms with E-state index >= 15 is 0 Å². The van der Waals surface area contributed by atoms with Gasteiger partial charge in [-0.25, -0.2) is 4.79 Å². The highest BCUT2D eigenvalue weighted by Crippen LogP contribution is 2.54. The molecule has 0 aromatic carbocycles. The number of hydrogen-bond donors (Lipinski definition) is 0. The molecule has 0 N–H and O–H groups in total. The Bertz CT molecular complexity index is 443. The second kappa shape index (κ2) is 8.35. The van der Waals surface area contributed by atoms with E-state index in [4.69, 9.17) is 9.47 Å². The van der Waals surface area contributed by atoms with Crippen LogP contribution < -0.4 is 0 Å². The third-order valence-corrected chi connectivity index (χ3v) is 5.87. The fourth-order valence-corrected chi connectivity index (χ4v) is 3.82. The summed E-state index contributed by atoms with van der Waals surface area (Å²) in [4.78, 5) is 24.5. The predicted octanol–water partition coefficient (Wildman–Crippen LogP) is 4.89. The van der Waals surface area contributed by atoms with Crippen molar-refractivity contribution in [3.8, 4) is 0 Å². The minimum atomic E-state index is -0.833. The number of ether oxygens (including phenoxy) is 2. The summed E-state index contributed by atoms with van der Waals surface area (Å²) in [6, 6.07) is 0. The summed E-state index contributed by atoms with van der Waals surface area (Å²) in [5, 5.41) is 0. The van der Waals surface area contributed by atoms with Crippen LogP contribution in [-0.2, 0) is 19.1 Å². The van der Waals surface area contributed by atoms with E-state index in [0.29, 0.717) is 18.3 Å². The molecular weight excluding hydrogens is 304 g/mol. The Morgan fingerprint density at radius 1 is 1.21 bits per heavy atom. The fraction of sp³-hybridized carbons (Fsp3) is 0.900. The smallest absolute Gasteiger partial charge is 0.347 e. The molecule has 0 radical (unpaired) electrons. The van der Waals surface area contributed by atoms with E-state index in [1.165, 1.54) is 12.8 Å². The van der Waals surface area contributed by atoms with Crippen molar-refractivity contribution in [2.24, 2.45) is 17.3 Å². The van der Waals surface area contributed by atoms with Crippen molar-refractivity contribution < 1.29 is 19.1 Å². The van der Waals surface area contributed by atoms with Crippen LogP contribution in [0.4, 0.5) is 0 Å². The van der Waals surface area contributed by atoms with E-state index in [0.717, 1.165) is 19.3 Å². The van der Waals surface area contributed by atoms with E-state index in [2.05, 4.69) is 6.92 Å². The Hall–Kier alpha value is -1.06. The van der Waals surface area contributed by atoms with Crippen LogP contribution in [0.3, 0.4) is 0 Å². The Morgan fingerprint density at radius 3 is 2.25 bits per heavy atom. The standard InChI is InChI=1S/C18H30O4.C2H6/c1-6-17(4,5)16(20)21-12(3)15(19)22-18(7-2)11-13-8-9-14(18)10-13;1-2/h12-14H,6-11H2,1-5H3;1-2H3. The Balaban J connectivity index is 0.00000139. The molecule has 2 fully saturated rings. The van der Waals surface area contributed by atoms with Gasteiger partial charge in [-0.1, -0.05) is 27.7 Å². The van der Waals surface area contributed by atoms with Crippen LogP contribution in [-0.4, -0.2) is 23.6 Å². The van der Waals surface area contributed by atoms with Gasteiger partial charge in [-0.15, -0.1) is 0 Å². The second-order valence-electron chi connectivity index (χ2n) is 7.70. The number of esters is 2. The van der Waals surface area contributed by atoms with Crippen molar-refractivity contribution in [2.45, 2.75) is 98.7 Å². The van der Waals surface area contributed by atoms with Gasteiger partial charge in [-0.2, -0.15) is 0 Å². The Kier molecular flexibility index (Phi) is 7.30. The molecular formula is C20H36O4. The van der Waals surface area contributed by atoms with Crippen LogP contribution in [0, 0.1) is 17.3 Å². The first-order chi connectivity index (χ1) is 11.2. The molecule has 4 unspecified atom stereocenters. The maximum Gasteiger partial charge on any atom is 0.347 e. The van der Waals surface area contributed by atoms with Crippen LogP contribution >= 0.6 is 0 Å². The minimum Gasteiger partial charge on any atom is -0.456 e. The lowest BCUT2D eigenvalue weighted by molar-refractivity contribution is -0.186. The first-order valence-electron chi connectivity index (χ1n) is 9.68. The fourth-order valence-electron chi connectivity index (χ4n) is 3.82.